The summed E-state index contributed by atoms with van der Waals surface area (Å²) in [5, 5.41) is 10.6. The third-order valence-electron chi connectivity index (χ3n) is 3.01. The van der Waals surface area contributed by atoms with Crippen molar-refractivity contribution in [2.75, 3.05) is 0 Å². The molecule has 0 N–H and O–H groups in total. The molecule has 1 aromatic rings. The number of hydrogen-bond donors (Lipinski definition) is 0. The summed E-state index contributed by atoms with van der Waals surface area (Å²) in [7, 11) is 0. The highest BCUT2D eigenvalue weighted by atomic mass is 16.6. The van der Waals surface area contributed by atoms with Gasteiger partial charge in [-0.1, -0.05) is 19.8 Å². The standard InChI is InChI=1S/C11H17N3O3/c1-2-3-4-5-9-6-7-13-8-10(14(15)16)12-11(13)17-9/h8-9H,2-7H2,1H3/t9-/m0/s1. The zero-order chi connectivity index (χ0) is 12.3. The Morgan fingerprint density at radius 2 is 2.47 bits per heavy atom. The largest absolute Gasteiger partial charge is 0.442 e. The van der Waals surface area contributed by atoms with E-state index in [9.17, 15) is 10.1 Å². The van der Waals surface area contributed by atoms with Gasteiger partial charge >= 0.3 is 11.8 Å². The minimum atomic E-state index is -0.485. The van der Waals surface area contributed by atoms with Crippen LogP contribution >= 0.6 is 0 Å². The van der Waals surface area contributed by atoms with Crippen molar-refractivity contribution in [1.29, 1.82) is 0 Å². The molecule has 17 heavy (non-hydrogen) atoms. The Balaban J connectivity index is 1.96. The summed E-state index contributed by atoms with van der Waals surface area (Å²) in [4.78, 5) is 14.0. The average molecular weight is 239 g/mol. The lowest BCUT2D eigenvalue weighted by atomic mass is 10.1. The molecule has 0 unspecified atom stereocenters. The minimum absolute atomic E-state index is 0.130. The number of aromatic nitrogens is 2. The second-order valence-electron chi connectivity index (χ2n) is 4.36. The number of aryl methyl sites for hydroxylation is 1. The van der Waals surface area contributed by atoms with Gasteiger partial charge in [-0.15, -0.1) is 0 Å². The van der Waals surface area contributed by atoms with Crippen LogP contribution < -0.4 is 4.74 Å². The first-order valence-electron chi connectivity index (χ1n) is 6.09. The van der Waals surface area contributed by atoms with Crippen LogP contribution in [0.5, 0.6) is 6.01 Å². The predicted octanol–water partition coefficient (Wildman–Crippen LogP) is 2.52. The molecule has 6 heteroatoms. The Kier molecular flexibility index (Phi) is 3.61. The van der Waals surface area contributed by atoms with Crippen LogP contribution in [0.15, 0.2) is 6.20 Å². The molecule has 0 spiro atoms. The molecule has 1 aromatic heterocycles. The van der Waals surface area contributed by atoms with Gasteiger partial charge in [0.05, 0.1) is 0 Å². The molecule has 2 heterocycles. The first-order chi connectivity index (χ1) is 8.20. The summed E-state index contributed by atoms with van der Waals surface area (Å²) in [5.41, 5.74) is 0. The molecule has 0 radical (unpaired) electrons. The number of imidazole rings is 1. The highest BCUT2D eigenvalue weighted by Gasteiger charge is 2.27. The minimum Gasteiger partial charge on any atom is -0.442 e. The van der Waals surface area contributed by atoms with Crippen molar-refractivity contribution >= 4 is 5.82 Å². The summed E-state index contributed by atoms with van der Waals surface area (Å²) in [5.74, 6) is -0.130. The van der Waals surface area contributed by atoms with Gasteiger partial charge in [0, 0.05) is 17.9 Å². The number of rotatable bonds is 5. The zero-order valence-electron chi connectivity index (χ0n) is 9.96. The lowest BCUT2D eigenvalue weighted by Gasteiger charge is -2.21. The first-order valence-corrected chi connectivity index (χ1v) is 6.09. The maximum atomic E-state index is 10.6. The van der Waals surface area contributed by atoms with Gasteiger partial charge in [-0.3, -0.25) is 4.57 Å². The number of unbranched alkanes of at least 4 members (excludes halogenated alkanes) is 2. The molecule has 1 aliphatic heterocycles. The van der Waals surface area contributed by atoms with Crippen LogP contribution in [0.2, 0.25) is 0 Å². The number of nitro groups is 1. The van der Waals surface area contributed by atoms with Gasteiger partial charge in [-0.2, -0.15) is 0 Å². The van der Waals surface area contributed by atoms with E-state index in [0.717, 1.165) is 25.8 Å². The molecule has 0 aromatic carbocycles. The summed E-state index contributed by atoms with van der Waals surface area (Å²) >= 11 is 0. The molecule has 1 atom stereocenters. The highest BCUT2D eigenvalue weighted by Crippen LogP contribution is 2.25. The highest BCUT2D eigenvalue weighted by molar-refractivity contribution is 5.21. The molecule has 0 saturated carbocycles. The molecular weight excluding hydrogens is 222 g/mol. The fourth-order valence-corrected chi connectivity index (χ4v) is 2.04. The van der Waals surface area contributed by atoms with Gasteiger partial charge in [0.2, 0.25) is 0 Å². The van der Waals surface area contributed by atoms with Crippen molar-refractivity contribution in [2.24, 2.45) is 0 Å². The van der Waals surface area contributed by atoms with Gasteiger partial charge in [-0.05, 0) is 17.8 Å². The second kappa shape index (κ2) is 5.16. The quantitative estimate of drug-likeness (QED) is 0.449. The van der Waals surface area contributed by atoms with E-state index in [-0.39, 0.29) is 11.9 Å². The fraction of sp³-hybridized carbons (Fsp3) is 0.727. The van der Waals surface area contributed by atoms with Gasteiger partial charge in [0.15, 0.2) is 0 Å². The van der Waals surface area contributed by atoms with Crippen molar-refractivity contribution in [3.05, 3.63) is 16.3 Å². The van der Waals surface area contributed by atoms with Gasteiger partial charge in [0.25, 0.3) is 0 Å². The monoisotopic (exact) mass is 239 g/mol. The Labute approximate surface area is 99.8 Å². The van der Waals surface area contributed by atoms with E-state index in [2.05, 4.69) is 11.9 Å². The van der Waals surface area contributed by atoms with Crippen LogP contribution in [0, 0.1) is 10.1 Å². The number of nitrogens with zero attached hydrogens (tertiary/aromatic N) is 3. The molecule has 2 rings (SSSR count). The zero-order valence-corrected chi connectivity index (χ0v) is 9.96. The molecule has 6 nitrogen and oxygen atoms in total. The maximum Gasteiger partial charge on any atom is 0.414 e. The number of ether oxygens (including phenoxy) is 1. The SMILES string of the molecule is CCCCC[C@H]1CCn2cc([N+](=O)[O-])nc2O1. The van der Waals surface area contributed by atoms with E-state index in [0.29, 0.717) is 6.01 Å². The van der Waals surface area contributed by atoms with E-state index < -0.39 is 4.92 Å². The third-order valence-corrected chi connectivity index (χ3v) is 3.01. The molecule has 0 bridgehead atoms. The van der Waals surface area contributed by atoms with Crippen LogP contribution in [0.1, 0.15) is 39.0 Å². The van der Waals surface area contributed by atoms with Crippen LogP contribution in [0.4, 0.5) is 5.82 Å². The van der Waals surface area contributed by atoms with Gasteiger partial charge in [0.1, 0.15) is 12.3 Å². The van der Waals surface area contributed by atoms with E-state index in [4.69, 9.17) is 4.74 Å². The summed E-state index contributed by atoms with van der Waals surface area (Å²) in [6.45, 7) is 2.92. The van der Waals surface area contributed by atoms with Crippen LogP contribution in [-0.4, -0.2) is 20.6 Å². The molecule has 0 aliphatic carbocycles. The Morgan fingerprint density at radius 1 is 1.65 bits per heavy atom. The molecule has 0 amide bonds. The summed E-state index contributed by atoms with van der Waals surface area (Å²) in [6, 6.07) is 0.393. The second-order valence-corrected chi connectivity index (χ2v) is 4.36. The molecule has 0 fully saturated rings. The van der Waals surface area contributed by atoms with Gasteiger partial charge in [-0.25, -0.2) is 0 Å². The van der Waals surface area contributed by atoms with Crippen molar-refractivity contribution in [3.8, 4) is 6.01 Å². The maximum absolute atomic E-state index is 10.6. The smallest absolute Gasteiger partial charge is 0.414 e. The Bertz CT molecular complexity index is 403. The number of fused-ring (bicyclic) bond motifs is 1. The summed E-state index contributed by atoms with van der Waals surface area (Å²) in [6.07, 6.45) is 7.05. The molecule has 0 saturated heterocycles. The van der Waals surface area contributed by atoms with E-state index in [1.165, 1.54) is 19.0 Å². The van der Waals surface area contributed by atoms with Crippen LogP contribution in [0.3, 0.4) is 0 Å². The van der Waals surface area contributed by atoms with E-state index >= 15 is 0 Å². The molecule has 94 valence electrons. The van der Waals surface area contributed by atoms with Crippen LogP contribution in [0.25, 0.3) is 0 Å². The van der Waals surface area contributed by atoms with Crippen LogP contribution in [-0.2, 0) is 6.54 Å². The van der Waals surface area contributed by atoms with Crippen molar-refractivity contribution in [1.82, 2.24) is 9.55 Å². The summed E-state index contributed by atoms with van der Waals surface area (Å²) < 4.78 is 7.37. The number of hydrogen-bond acceptors (Lipinski definition) is 4. The van der Waals surface area contributed by atoms with E-state index in [1.54, 1.807) is 4.57 Å². The molecular formula is C11H17N3O3. The lowest BCUT2D eigenvalue weighted by Crippen LogP contribution is -2.25. The normalized spacial score (nSPS) is 18.5. The van der Waals surface area contributed by atoms with Gasteiger partial charge < -0.3 is 14.9 Å². The first kappa shape index (κ1) is 11.9. The lowest BCUT2D eigenvalue weighted by molar-refractivity contribution is -0.389. The predicted molar refractivity (Wildman–Crippen MR) is 62.1 cm³/mol. The average Bonchev–Trinajstić information content (AvgIpc) is 2.72. The topological polar surface area (TPSA) is 70.2 Å². The Hall–Kier alpha value is -1.59. The van der Waals surface area contributed by atoms with E-state index in [1.807, 2.05) is 0 Å². The van der Waals surface area contributed by atoms with Crippen molar-refractivity contribution < 1.29 is 9.66 Å². The molecule has 1 aliphatic rings. The fourth-order valence-electron chi connectivity index (χ4n) is 2.04. The van der Waals surface area contributed by atoms with Crippen molar-refractivity contribution in [3.63, 3.8) is 0 Å². The Morgan fingerprint density at radius 3 is 3.18 bits per heavy atom. The third kappa shape index (κ3) is 2.75. The van der Waals surface area contributed by atoms with Crippen molar-refractivity contribution in [2.45, 2.75) is 51.7 Å².